The smallest absolute Gasteiger partial charge is 0.252 e. The maximum Gasteiger partial charge on any atom is 0.252 e. The molecule has 7 heteroatoms. The molecule has 0 atom stereocenters. The number of hydrogen-bond acceptors (Lipinski definition) is 4. The van der Waals surface area contributed by atoms with E-state index in [1.165, 1.54) is 24.3 Å². The van der Waals surface area contributed by atoms with Crippen LogP contribution >= 0.6 is 11.3 Å². The topological polar surface area (TPSA) is 89.3 Å². The molecular formula is C13H20N2O3S2. The third-order valence-corrected chi connectivity index (χ3v) is 6.19. The molecule has 0 radical (unpaired) electrons. The molecule has 112 valence electrons. The number of nitrogens with two attached hydrogens (primary N) is 1. The third kappa shape index (κ3) is 4.04. The highest BCUT2D eigenvalue weighted by Gasteiger charge is 2.20. The first kappa shape index (κ1) is 15.5. The zero-order chi connectivity index (χ0) is 14.8. The molecule has 0 aliphatic heterocycles. The number of hydrogen-bond donors (Lipinski definition) is 2. The molecule has 5 nitrogen and oxygen atoms in total. The normalized spacial score (nSPS) is 23.5. The third-order valence-electron chi connectivity index (χ3n) is 3.80. The van der Waals surface area contributed by atoms with Crippen LogP contribution in [0.1, 0.15) is 43.0 Å². The van der Waals surface area contributed by atoms with E-state index in [1.807, 2.05) is 0 Å². The van der Waals surface area contributed by atoms with Gasteiger partial charge >= 0.3 is 0 Å². The lowest BCUT2D eigenvalue weighted by molar-refractivity contribution is 0.0942. The molecule has 0 unspecified atom stereocenters. The monoisotopic (exact) mass is 316 g/mol. The van der Waals surface area contributed by atoms with E-state index in [9.17, 15) is 13.2 Å². The van der Waals surface area contributed by atoms with Gasteiger partial charge in [0.2, 0.25) is 10.0 Å². The second kappa shape index (κ2) is 6.24. The van der Waals surface area contributed by atoms with Crippen molar-refractivity contribution in [3.8, 4) is 0 Å². The van der Waals surface area contributed by atoms with E-state index < -0.39 is 10.0 Å². The average molecular weight is 316 g/mol. The number of carbonyl (C=O) groups excluding carboxylic acids is 1. The summed E-state index contributed by atoms with van der Waals surface area (Å²) in [5.74, 6) is 1.09. The van der Waals surface area contributed by atoms with Crippen LogP contribution in [-0.4, -0.2) is 20.9 Å². The van der Waals surface area contributed by atoms with Crippen LogP contribution in [0.25, 0.3) is 0 Å². The van der Waals surface area contributed by atoms with Crippen LogP contribution in [0.4, 0.5) is 0 Å². The zero-order valence-electron chi connectivity index (χ0n) is 11.5. The molecule has 2 rings (SSSR count). The standard InChI is InChI=1S/C13H20N2O3S2/c1-9-2-4-10(5-3-9)7-15-13(16)11-6-12(19-8-11)20(14,17)18/h6,8-10H,2-5,7H2,1H3,(H,15,16)(H2,14,17,18). The summed E-state index contributed by atoms with van der Waals surface area (Å²) in [5, 5.41) is 9.43. The van der Waals surface area contributed by atoms with Crippen molar-refractivity contribution in [1.82, 2.24) is 5.32 Å². The predicted octanol–water partition coefficient (Wildman–Crippen LogP) is 1.95. The van der Waals surface area contributed by atoms with Crippen molar-refractivity contribution >= 4 is 27.3 Å². The van der Waals surface area contributed by atoms with Gasteiger partial charge in [-0.2, -0.15) is 0 Å². The second-order valence-electron chi connectivity index (χ2n) is 5.54. The number of nitrogens with one attached hydrogen (secondary N) is 1. The lowest BCUT2D eigenvalue weighted by Crippen LogP contribution is -2.30. The van der Waals surface area contributed by atoms with E-state index in [1.54, 1.807) is 0 Å². The van der Waals surface area contributed by atoms with Gasteiger partial charge in [-0.05, 0) is 30.7 Å². The van der Waals surface area contributed by atoms with Gasteiger partial charge in [-0.1, -0.05) is 19.8 Å². The predicted molar refractivity (Wildman–Crippen MR) is 79.1 cm³/mol. The van der Waals surface area contributed by atoms with Crippen molar-refractivity contribution in [2.75, 3.05) is 6.54 Å². The van der Waals surface area contributed by atoms with Gasteiger partial charge < -0.3 is 5.32 Å². The van der Waals surface area contributed by atoms with Crippen molar-refractivity contribution in [3.63, 3.8) is 0 Å². The molecule has 1 fully saturated rings. The van der Waals surface area contributed by atoms with Gasteiger partial charge in [0.05, 0.1) is 5.56 Å². The summed E-state index contributed by atoms with van der Waals surface area (Å²) < 4.78 is 22.3. The zero-order valence-corrected chi connectivity index (χ0v) is 13.1. The van der Waals surface area contributed by atoms with Crippen LogP contribution in [0, 0.1) is 11.8 Å². The number of thiophene rings is 1. The highest BCUT2D eigenvalue weighted by atomic mass is 32.2. The summed E-state index contributed by atoms with van der Waals surface area (Å²) in [5.41, 5.74) is 0.364. The molecule has 1 aliphatic rings. The summed E-state index contributed by atoms with van der Waals surface area (Å²) in [6.45, 7) is 2.92. The summed E-state index contributed by atoms with van der Waals surface area (Å²) in [7, 11) is -3.72. The molecule has 1 aliphatic carbocycles. The number of carbonyl (C=O) groups is 1. The Balaban J connectivity index is 1.87. The Morgan fingerprint density at radius 1 is 1.40 bits per heavy atom. The maximum absolute atomic E-state index is 12.0. The summed E-state index contributed by atoms with van der Waals surface area (Å²) in [6.07, 6.45) is 4.73. The lowest BCUT2D eigenvalue weighted by Gasteiger charge is -2.26. The summed E-state index contributed by atoms with van der Waals surface area (Å²) >= 11 is 0.973. The Morgan fingerprint density at radius 3 is 2.60 bits per heavy atom. The molecule has 0 spiro atoms. The van der Waals surface area contributed by atoms with Crippen LogP contribution in [0.3, 0.4) is 0 Å². The Morgan fingerprint density at radius 2 is 2.05 bits per heavy atom. The van der Waals surface area contributed by atoms with Crippen LogP contribution in [0.5, 0.6) is 0 Å². The van der Waals surface area contributed by atoms with Crippen molar-refractivity contribution in [2.24, 2.45) is 17.0 Å². The minimum absolute atomic E-state index is 0.0224. The molecule has 1 amide bonds. The quantitative estimate of drug-likeness (QED) is 0.889. The number of sulfonamides is 1. The van der Waals surface area contributed by atoms with E-state index >= 15 is 0 Å². The van der Waals surface area contributed by atoms with Crippen LogP contribution in [0.2, 0.25) is 0 Å². The molecule has 1 aromatic heterocycles. The number of rotatable bonds is 4. The van der Waals surface area contributed by atoms with Gasteiger partial charge in [-0.3, -0.25) is 4.79 Å². The summed E-state index contributed by atoms with van der Waals surface area (Å²) in [4.78, 5) is 12.0. The molecular weight excluding hydrogens is 296 g/mol. The van der Waals surface area contributed by atoms with Crippen molar-refractivity contribution < 1.29 is 13.2 Å². The number of primary sulfonamides is 1. The van der Waals surface area contributed by atoms with E-state index in [2.05, 4.69) is 12.2 Å². The van der Waals surface area contributed by atoms with Gasteiger partial charge in [0.25, 0.3) is 5.91 Å². The fourth-order valence-corrected chi connectivity index (χ4v) is 4.04. The minimum Gasteiger partial charge on any atom is -0.352 e. The van der Waals surface area contributed by atoms with E-state index in [4.69, 9.17) is 5.14 Å². The van der Waals surface area contributed by atoms with E-state index in [-0.39, 0.29) is 10.1 Å². The van der Waals surface area contributed by atoms with Gasteiger partial charge in [0.15, 0.2) is 0 Å². The average Bonchev–Trinajstić information content (AvgIpc) is 2.87. The molecule has 1 aromatic rings. The molecule has 20 heavy (non-hydrogen) atoms. The maximum atomic E-state index is 12.0. The van der Waals surface area contributed by atoms with Gasteiger partial charge in [-0.15, -0.1) is 11.3 Å². The molecule has 0 bridgehead atoms. The SMILES string of the molecule is CC1CCC(CNC(=O)c2csc(S(N)(=O)=O)c2)CC1. The first-order chi connectivity index (χ1) is 9.36. The van der Waals surface area contributed by atoms with Crippen LogP contribution in [0.15, 0.2) is 15.7 Å². The van der Waals surface area contributed by atoms with Crippen molar-refractivity contribution in [3.05, 3.63) is 17.0 Å². The molecule has 0 aromatic carbocycles. The minimum atomic E-state index is -3.72. The Kier molecular flexibility index (Phi) is 4.82. The van der Waals surface area contributed by atoms with Gasteiger partial charge in [0, 0.05) is 11.9 Å². The Labute approximate surface area is 123 Å². The van der Waals surface area contributed by atoms with Gasteiger partial charge in [-0.25, -0.2) is 13.6 Å². The fraction of sp³-hybridized carbons (Fsp3) is 0.615. The first-order valence-corrected chi connectivity index (χ1v) is 9.18. The van der Waals surface area contributed by atoms with Crippen LogP contribution in [-0.2, 0) is 10.0 Å². The largest absolute Gasteiger partial charge is 0.352 e. The summed E-state index contributed by atoms with van der Waals surface area (Å²) in [6, 6.07) is 1.33. The van der Waals surface area contributed by atoms with Gasteiger partial charge in [0.1, 0.15) is 4.21 Å². The second-order valence-corrected chi connectivity index (χ2v) is 8.23. The van der Waals surface area contributed by atoms with E-state index in [0.717, 1.165) is 30.1 Å². The van der Waals surface area contributed by atoms with Crippen molar-refractivity contribution in [1.29, 1.82) is 0 Å². The molecule has 1 saturated carbocycles. The number of amides is 1. The highest BCUT2D eigenvalue weighted by molar-refractivity contribution is 7.91. The molecule has 0 saturated heterocycles. The van der Waals surface area contributed by atoms with Crippen molar-refractivity contribution in [2.45, 2.75) is 36.8 Å². The fourth-order valence-electron chi connectivity index (χ4n) is 2.46. The van der Waals surface area contributed by atoms with Crippen LogP contribution < -0.4 is 10.5 Å². The molecule has 1 heterocycles. The Hall–Kier alpha value is -0.920. The van der Waals surface area contributed by atoms with E-state index in [0.29, 0.717) is 18.0 Å². The first-order valence-electron chi connectivity index (χ1n) is 6.76. The molecule has 3 N–H and O–H groups in total. The Bertz CT molecular complexity index is 572. The highest BCUT2D eigenvalue weighted by Crippen LogP contribution is 2.27. The lowest BCUT2D eigenvalue weighted by atomic mass is 9.83.